The minimum absolute atomic E-state index is 0.0808. The zero-order chi connectivity index (χ0) is 14.8. The lowest BCUT2D eigenvalue weighted by Gasteiger charge is -2.17. The lowest BCUT2D eigenvalue weighted by atomic mass is 9.99. The third kappa shape index (κ3) is 2.80. The van der Waals surface area contributed by atoms with Crippen molar-refractivity contribution in [1.82, 2.24) is 15.2 Å². The number of nitrogens with one attached hydrogen (secondary N) is 1. The van der Waals surface area contributed by atoms with Crippen molar-refractivity contribution in [3.05, 3.63) is 46.8 Å². The Morgan fingerprint density at radius 3 is 3.05 bits per heavy atom. The van der Waals surface area contributed by atoms with E-state index in [0.717, 1.165) is 37.4 Å². The first-order valence-electron chi connectivity index (χ1n) is 7.46. The van der Waals surface area contributed by atoms with Crippen LogP contribution < -0.4 is 16.0 Å². The average Bonchev–Trinajstić information content (AvgIpc) is 3.09. The summed E-state index contributed by atoms with van der Waals surface area (Å²) < 4.78 is 7.60. The van der Waals surface area contributed by atoms with Gasteiger partial charge in [-0.3, -0.25) is 16.0 Å². The molecule has 5 nitrogen and oxygen atoms in total. The maximum atomic E-state index is 5.79. The molecule has 0 saturated heterocycles. The first-order valence-corrected chi connectivity index (χ1v) is 7.46. The van der Waals surface area contributed by atoms with Crippen molar-refractivity contribution in [2.45, 2.75) is 39.3 Å². The molecule has 1 aromatic heterocycles. The summed E-state index contributed by atoms with van der Waals surface area (Å²) in [6.45, 7) is 5.78. The Balaban J connectivity index is 1.84. The fourth-order valence-electron chi connectivity index (χ4n) is 2.94. The molecule has 3 N–H and O–H groups in total. The molecular weight excluding hydrogens is 264 g/mol. The summed E-state index contributed by atoms with van der Waals surface area (Å²) in [6.07, 6.45) is 1.80. The van der Waals surface area contributed by atoms with Gasteiger partial charge in [-0.1, -0.05) is 12.1 Å². The van der Waals surface area contributed by atoms with Crippen LogP contribution in [0.1, 0.15) is 35.5 Å². The molecular formula is C16H22N4O. The Morgan fingerprint density at radius 2 is 2.29 bits per heavy atom. The van der Waals surface area contributed by atoms with Gasteiger partial charge in [0.1, 0.15) is 5.75 Å². The van der Waals surface area contributed by atoms with Crippen molar-refractivity contribution in [1.29, 1.82) is 0 Å². The molecule has 2 aromatic rings. The number of fused-ring (bicyclic) bond motifs is 1. The minimum atomic E-state index is 0.0808. The highest BCUT2D eigenvalue weighted by atomic mass is 16.5. The number of benzene rings is 1. The zero-order valence-corrected chi connectivity index (χ0v) is 12.6. The van der Waals surface area contributed by atoms with Gasteiger partial charge in [-0.05, 0) is 37.1 Å². The van der Waals surface area contributed by atoms with Crippen LogP contribution in [0.3, 0.4) is 0 Å². The number of hydrogen-bond acceptors (Lipinski definition) is 4. The summed E-state index contributed by atoms with van der Waals surface area (Å²) in [5, 5.41) is 4.50. The SMILES string of the molecule is CCn1nc(C)cc1CC(NN)c1ccc2c(c1)CCO2. The second-order valence-corrected chi connectivity index (χ2v) is 5.48. The van der Waals surface area contributed by atoms with Crippen LogP contribution in [0.25, 0.3) is 0 Å². The molecule has 0 radical (unpaired) electrons. The van der Waals surface area contributed by atoms with Crippen molar-refractivity contribution >= 4 is 0 Å². The average molecular weight is 286 g/mol. The van der Waals surface area contributed by atoms with Crippen LogP contribution in [0.15, 0.2) is 24.3 Å². The topological polar surface area (TPSA) is 65.1 Å². The maximum absolute atomic E-state index is 5.79. The molecule has 1 atom stereocenters. The van der Waals surface area contributed by atoms with Crippen LogP contribution in [0.4, 0.5) is 0 Å². The molecule has 0 fully saturated rings. The normalized spacial score (nSPS) is 14.8. The highest BCUT2D eigenvalue weighted by molar-refractivity contribution is 5.41. The fourth-order valence-corrected chi connectivity index (χ4v) is 2.94. The van der Waals surface area contributed by atoms with E-state index >= 15 is 0 Å². The lowest BCUT2D eigenvalue weighted by molar-refractivity contribution is 0.356. The molecule has 1 aliphatic heterocycles. The smallest absolute Gasteiger partial charge is 0.122 e. The Kier molecular flexibility index (Phi) is 3.94. The third-order valence-electron chi connectivity index (χ3n) is 4.02. The first-order chi connectivity index (χ1) is 10.2. The highest BCUT2D eigenvalue weighted by Crippen LogP contribution is 2.29. The van der Waals surface area contributed by atoms with Gasteiger partial charge in [-0.2, -0.15) is 5.10 Å². The summed E-state index contributed by atoms with van der Waals surface area (Å²) in [5.41, 5.74) is 7.66. The summed E-state index contributed by atoms with van der Waals surface area (Å²) in [5.74, 6) is 6.79. The summed E-state index contributed by atoms with van der Waals surface area (Å²) in [7, 11) is 0. The minimum Gasteiger partial charge on any atom is -0.493 e. The third-order valence-corrected chi connectivity index (χ3v) is 4.02. The van der Waals surface area contributed by atoms with E-state index in [4.69, 9.17) is 10.6 Å². The van der Waals surface area contributed by atoms with Gasteiger partial charge in [0.25, 0.3) is 0 Å². The number of nitrogens with zero attached hydrogens (tertiary/aromatic N) is 2. The Labute approximate surface area is 125 Å². The predicted octanol–water partition coefficient (Wildman–Crippen LogP) is 1.89. The molecule has 3 rings (SSSR count). The quantitative estimate of drug-likeness (QED) is 0.651. The van der Waals surface area contributed by atoms with Gasteiger partial charge in [0, 0.05) is 25.1 Å². The van der Waals surface area contributed by atoms with Gasteiger partial charge < -0.3 is 4.74 Å². The summed E-state index contributed by atoms with van der Waals surface area (Å²) in [6, 6.07) is 8.55. The second-order valence-electron chi connectivity index (χ2n) is 5.48. The second kappa shape index (κ2) is 5.87. The van der Waals surface area contributed by atoms with Crippen LogP contribution in [-0.2, 0) is 19.4 Å². The van der Waals surface area contributed by atoms with E-state index in [1.165, 1.54) is 16.8 Å². The van der Waals surface area contributed by atoms with Crippen molar-refractivity contribution < 1.29 is 4.74 Å². The van der Waals surface area contributed by atoms with E-state index in [-0.39, 0.29) is 6.04 Å². The fraction of sp³-hybridized carbons (Fsp3) is 0.438. The van der Waals surface area contributed by atoms with Crippen LogP contribution in [-0.4, -0.2) is 16.4 Å². The van der Waals surface area contributed by atoms with E-state index in [1.54, 1.807) is 0 Å². The van der Waals surface area contributed by atoms with Gasteiger partial charge in [-0.15, -0.1) is 0 Å². The van der Waals surface area contributed by atoms with E-state index in [1.807, 2.05) is 17.7 Å². The Hall–Kier alpha value is -1.85. The molecule has 21 heavy (non-hydrogen) atoms. The van der Waals surface area contributed by atoms with Crippen molar-refractivity contribution in [2.75, 3.05) is 6.61 Å². The number of aromatic nitrogens is 2. The molecule has 2 heterocycles. The number of hydrogen-bond donors (Lipinski definition) is 2. The number of nitrogens with two attached hydrogens (primary N) is 1. The van der Waals surface area contributed by atoms with E-state index < -0.39 is 0 Å². The largest absolute Gasteiger partial charge is 0.493 e. The van der Waals surface area contributed by atoms with Crippen LogP contribution >= 0.6 is 0 Å². The van der Waals surface area contributed by atoms with Gasteiger partial charge in [0.05, 0.1) is 18.3 Å². The van der Waals surface area contributed by atoms with Crippen molar-refractivity contribution in [2.24, 2.45) is 5.84 Å². The standard InChI is InChI=1S/C16H22N4O/c1-3-20-14(8-11(2)19-20)10-15(18-17)12-4-5-16-13(9-12)6-7-21-16/h4-5,8-9,15,18H,3,6-7,10,17H2,1-2H3. The molecule has 1 aromatic carbocycles. The van der Waals surface area contributed by atoms with Gasteiger partial charge >= 0.3 is 0 Å². The Bertz CT molecular complexity index is 635. The summed E-state index contributed by atoms with van der Waals surface area (Å²) >= 11 is 0. The van der Waals surface area contributed by atoms with Gasteiger partial charge in [0.15, 0.2) is 0 Å². The number of hydrazine groups is 1. The predicted molar refractivity (Wildman–Crippen MR) is 82.0 cm³/mol. The van der Waals surface area contributed by atoms with E-state index in [9.17, 15) is 0 Å². The highest BCUT2D eigenvalue weighted by Gasteiger charge is 2.18. The van der Waals surface area contributed by atoms with Crippen molar-refractivity contribution in [3.63, 3.8) is 0 Å². The molecule has 0 aliphatic carbocycles. The number of ether oxygens (including phenoxy) is 1. The van der Waals surface area contributed by atoms with Gasteiger partial charge in [-0.25, -0.2) is 0 Å². The first kappa shape index (κ1) is 14.1. The molecule has 112 valence electrons. The van der Waals surface area contributed by atoms with Crippen LogP contribution in [0, 0.1) is 6.92 Å². The molecule has 1 unspecified atom stereocenters. The molecule has 0 saturated carbocycles. The van der Waals surface area contributed by atoms with Crippen molar-refractivity contribution in [3.8, 4) is 5.75 Å². The van der Waals surface area contributed by atoms with Gasteiger partial charge in [0.2, 0.25) is 0 Å². The Morgan fingerprint density at radius 1 is 1.43 bits per heavy atom. The molecule has 1 aliphatic rings. The zero-order valence-electron chi connectivity index (χ0n) is 12.6. The lowest BCUT2D eigenvalue weighted by Crippen LogP contribution is -2.30. The number of rotatable bonds is 5. The van der Waals surface area contributed by atoms with Crippen LogP contribution in [0.2, 0.25) is 0 Å². The molecule has 0 amide bonds. The monoisotopic (exact) mass is 286 g/mol. The van der Waals surface area contributed by atoms with E-state index in [2.05, 4.69) is 35.6 Å². The van der Waals surface area contributed by atoms with Crippen LogP contribution in [0.5, 0.6) is 5.75 Å². The van der Waals surface area contributed by atoms with E-state index in [0.29, 0.717) is 0 Å². The summed E-state index contributed by atoms with van der Waals surface area (Å²) in [4.78, 5) is 0. The number of aryl methyl sites for hydroxylation is 2. The molecule has 0 bridgehead atoms. The maximum Gasteiger partial charge on any atom is 0.122 e. The molecule has 5 heteroatoms. The molecule has 0 spiro atoms.